The maximum absolute atomic E-state index is 12.7. The predicted molar refractivity (Wildman–Crippen MR) is 204 cm³/mol. The Bertz CT molecular complexity index is 1840. The highest BCUT2D eigenvalue weighted by molar-refractivity contribution is 7.91. The average molecular weight is 787 g/mol. The Hall–Kier alpha value is -3.68. The smallest absolute Gasteiger partial charge is 0.206 e. The number of halogens is 2. The second-order valence-electron chi connectivity index (χ2n) is 13.8. The molecule has 6 rings (SSSR count). The minimum Gasteiger partial charge on any atom is -0.490 e. The third-order valence-corrected chi connectivity index (χ3v) is 13.2. The first kappa shape index (κ1) is 43.1. The Morgan fingerprint density at radius 2 is 0.815 bits per heavy atom. The van der Waals surface area contributed by atoms with Crippen molar-refractivity contribution in [3.63, 3.8) is 0 Å². The van der Waals surface area contributed by atoms with Crippen molar-refractivity contribution in [2.24, 2.45) is 0 Å². The molecule has 4 aromatic rings. The van der Waals surface area contributed by atoms with Gasteiger partial charge < -0.3 is 19.7 Å². The molecule has 2 aliphatic carbocycles. The van der Waals surface area contributed by atoms with E-state index in [1.165, 1.54) is 24.3 Å². The van der Waals surface area contributed by atoms with Crippen LogP contribution in [0.2, 0.25) is 0 Å². The Kier molecular flexibility index (Phi) is 16.6. The van der Waals surface area contributed by atoms with Crippen LogP contribution in [0.4, 0.5) is 8.78 Å². The maximum Gasteiger partial charge on any atom is 0.206 e. The van der Waals surface area contributed by atoms with E-state index in [0.717, 1.165) is 113 Å². The Morgan fingerprint density at radius 3 is 1.19 bits per heavy atom. The van der Waals surface area contributed by atoms with Crippen molar-refractivity contribution >= 4 is 19.7 Å². The molecule has 0 atom stereocenters. The first-order chi connectivity index (χ1) is 25.8. The lowest BCUT2D eigenvalue weighted by atomic mass is 9.96. The summed E-state index contributed by atoms with van der Waals surface area (Å²) in [7, 11) is -5.42. The molecule has 2 N–H and O–H groups in total. The third kappa shape index (κ3) is 13.3. The fraction of sp³-hybridized carbons (Fsp3) is 0.429. The van der Waals surface area contributed by atoms with E-state index in [1.54, 1.807) is 43.5 Å². The van der Waals surface area contributed by atoms with Crippen LogP contribution in [0.25, 0.3) is 0 Å². The van der Waals surface area contributed by atoms with Gasteiger partial charge in [0.15, 0.2) is 0 Å². The minimum absolute atomic E-state index is 0.0227. The number of hydrogen-bond acceptors (Lipinski definition) is 8. The second-order valence-corrected chi connectivity index (χ2v) is 17.7. The van der Waals surface area contributed by atoms with Gasteiger partial charge in [0, 0.05) is 7.11 Å². The summed E-state index contributed by atoms with van der Waals surface area (Å²) in [4.78, 5) is 0.560. The van der Waals surface area contributed by atoms with Gasteiger partial charge in [-0.15, -0.1) is 0 Å². The lowest BCUT2D eigenvalue weighted by molar-refractivity contribution is 0.0643. The number of rotatable bonds is 7. The van der Waals surface area contributed by atoms with Crippen LogP contribution in [0.5, 0.6) is 5.75 Å². The highest BCUT2D eigenvalue weighted by Crippen LogP contribution is 2.27. The van der Waals surface area contributed by atoms with Gasteiger partial charge in [-0.2, -0.15) is 0 Å². The molecule has 54 heavy (non-hydrogen) atoms. The molecule has 0 spiro atoms. The van der Waals surface area contributed by atoms with Crippen LogP contribution in [0.1, 0.15) is 82.6 Å². The molecular weight excluding hydrogens is 735 g/mol. The van der Waals surface area contributed by atoms with Gasteiger partial charge in [-0.1, -0.05) is 17.7 Å². The Morgan fingerprint density at radius 1 is 0.500 bits per heavy atom. The molecule has 4 aromatic carbocycles. The van der Waals surface area contributed by atoms with Crippen LogP contribution in [-0.4, -0.2) is 58.6 Å². The first-order valence-corrected chi connectivity index (χ1v) is 21.5. The predicted octanol–water partition coefficient (Wildman–Crippen LogP) is 8.80. The highest BCUT2D eigenvalue weighted by Gasteiger charge is 2.21. The topological polar surface area (TPSA) is 127 Å². The van der Waals surface area contributed by atoms with E-state index in [-0.39, 0.29) is 28.1 Å². The SMILES string of the molecule is COC1CCCC(Oc2ccc(S(=O)(=O)c3ccc(C)cc3)cc2)CCC1.O=S(=O)(c1ccc(F)cc1)c1ccc(F)cc1.OC1CCCC(O)CCC1. The Balaban J connectivity index is 0.000000204. The fourth-order valence-corrected chi connectivity index (χ4v) is 8.88. The summed E-state index contributed by atoms with van der Waals surface area (Å²) in [5.41, 5.74) is 1.04. The molecule has 2 saturated carbocycles. The molecule has 8 nitrogen and oxygen atoms in total. The molecule has 0 amide bonds. The van der Waals surface area contributed by atoms with Crippen LogP contribution in [-0.2, 0) is 24.4 Å². The van der Waals surface area contributed by atoms with E-state index in [9.17, 15) is 35.8 Å². The summed E-state index contributed by atoms with van der Waals surface area (Å²) >= 11 is 0. The summed E-state index contributed by atoms with van der Waals surface area (Å²) < 4.78 is 86.5. The summed E-state index contributed by atoms with van der Waals surface area (Å²) in [6.45, 7) is 1.94. The normalized spacial score (nSPS) is 21.0. The van der Waals surface area contributed by atoms with Crippen LogP contribution >= 0.6 is 0 Å². The van der Waals surface area contributed by atoms with Crippen LogP contribution in [0.15, 0.2) is 117 Å². The molecule has 0 unspecified atom stereocenters. The van der Waals surface area contributed by atoms with Gasteiger partial charge in [-0.05, 0) is 169 Å². The molecule has 2 aliphatic rings. The van der Waals surface area contributed by atoms with Gasteiger partial charge in [-0.25, -0.2) is 25.6 Å². The summed E-state index contributed by atoms with van der Waals surface area (Å²) in [6, 6.07) is 22.7. The molecule has 0 aliphatic heterocycles. The van der Waals surface area contributed by atoms with E-state index in [2.05, 4.69) is 0 Å². The largest absolute Gasteiger partial charge is 0.490 e. The lowest BCUT2D eigenvalue weighted by Crippen LogP contribution is -2.22. The van der Waals surface area contributed by atoms with Crippen molar-refractivity contribution in [1.82, 2.24) is 0 Å². The fourth-order valence-electron chi connectivity index (χ4n) is 6.36. The third-order valence-electron chi connectivity index (χ3n) is 9.60. The van der Waals surface area contributed by atoms with E-state index in [1.807, 2.05) is 19.1 Å². The van der Waals surface area contributed by atoms with Crippen molar-refractivity contribution in [1.29, 1.82) is 0 Å². The number of aliphatic hydroxyl groups excluding tert-OH is 2. The summed E-state index contributed by atoms with van der Waals surface area (Å²) in [5.74, 6) is -0.294. The van der Waals surface area contributed by atoms with Crippen molar-refractivity contribution < 1.29 is 45.3 Å². The van der Waals surface area contributed by atoms with E-state index < -0.39 is 31.3 Å². The monoisotopic (exact) mass is 786 g/mol. The van der Waals surface area contributed by atoms with Gasteiger partial charge in [0.05, 0.1) is 44.0 Å². The van der Waals surface area contributed by atoms with Crippen molar-refractivity contribution in [3.8, 4) is 5.75 Å². The van der Waals surface area contributed by atoms with Gasteiger partial charge in [0.1, 0.15) is 17.4 Å². The van der Waals surface area contributed by atoms with Crippen LogP contribution in [0.3, 0.4) is 0 Å². The van der Waals surface area contributed by atoms with E-state index in [0.29, 0.717) is 15.9 Å². The molecular formula is C42H52F2O8S2. The number of sulfone groups is 2. The number of aryl methyl sites for hydroxylation is 1. The van der Waals surface area contributed by atoms with Crippen molar-refractivity contribution in [2.45, 2.75) is 128 Å². The molecule has 2 fully saturated rings. The molecule has 0 aromatic heterocycles. The number of aliphatic hydroxyl groups is 2. The molecule has 0 saturated heterocycles. The summed E-state index contributed by atoms with van der Waals surface area (Å²) in [5, 5.41) is 18.4. The average Bonchev–Trinajstić information content (AvgIpc) is 3.13. The maximum atomic E-state index is 12.7. The molecule has 0 heterocycles. The number of methoxy groups -OCH3 is 1. The quantitative estimate of drug-likeness (QED) is 0.178. The van der Waals surface area contributed by atoms with Gasteiger partial charge in [0.2, 0.25) is 19.7 Å². The highest BCUT2D eigenvalue weighted by atomic mass is 32.2. The standard InChI is InChI=1S/C22H28O4S.C12H8F2O2S.C8H16O2/c1-17-9-13-21(14-10-17)27(23,24)22-15-11-20(12-16-22)26-19-7-3-5-18(25-2)6-4-8-19;13-9-1-5-11(6-2-9)17(15,16)12-7-3-10(14)4-8-12;9-7-3-1-4-8(10)6-2-5-7/h9-16,18-19H,3-8H2,1-2H3;1-8H;7-10H,1-6H2. The van der Waals surface area contributed by atoms with Crippen LogP contribution < -0.4 is 4.74 Å². The zero-order valence-electron chi connectivity index (χ0n) is 30.9. The Labute approximate surface area is 319 Å². The first-order valence-electron chi connectivity index (χ1n) is 18.5. The molecule has 0 radical (unpaired) electrons. The zero-order chi connectivity index (χ0) is 39.1. The van der Waals surface area contributed by atoms with Gasteiger partial charge in [0.25, 0.3) is 0 Å². The van der Waals surface area contributed by atoms with Crippen LogP contribution in [0, 0.1) is 18.6 Å². The molecule has 0 bridgehead atoms. The van der Waals surface area contributed by atoms with Crippen molar-refractivity contribution in [2.75, 3.05) is 7.11 Å². The lowest BCUT2D eigenvalue weighted by Gasteiger charge is -2.24. The minimum atomic E-state index is -3.71. The number of ether oxygens (including phenoxy) is 2. The number of hydrogen-bond donors (Lipinski definition) is 2. The molecule has 12 heteroatoms. The second kappa shape index (κ2) is 20.8. The number of benzene rings is 4. The van der Waals surface area contributed by atoms with E-state index in [4.69, 9.17) is 9.47 Å². The zero-order valence-corrected chi connectivity index (χ0v) is 32.6. The van der Waals surface area contributed by atoms with Crippen molar-refractivity contribution in [3.05, 3.63) is 114 Å². The van der Waals surface area contributed by atoms with Gasteiger partial charge in [-0.3, -0.25) is 0 Å². The molecule has 294 valence electrons. The van der Waals surface area contributed by atoms with Gasteiger partial charge >= 0.3 is 0 Å². The summed E-state index contributed by atoms with van der Waals surface area (Å²) in [6.07, 6.45) is 12.1. The van der Waals surface area contributed by atoms with E-state index >= 15 is 0 Å².